The molecule has 0 bridgehead atoms. The average molecular weight is 231 g/mol. The third-order valence-corrected chi connectivity index (χ3v) is 3.43. The Labute approximate surface area is 100 Å². The van der Waals surface area contributed by atoms with Gasteiger partial charge in [-0.25, -0.2) is 0 Å². The van der Waals surface area contributed by atoms with Crippen LogP contribution in [0.2, 0.25) is 0 Å². The summed E-state index contributed by atoms with van der Waals surface area (Å²) in [5.41, 5.74) is 2.24. The summed E-state index contributed by atoms with van der Waals surface area (Å²) in [4.78, 5) is 0. The molecule has 17 heavy (non-hydrogen) atoms. The number of nitrogens with one attached hydrogen (secondary N) is 2. The van der Waals surface area contributed by atoms with Gasteiger partial charge in [0, 0.05) is 23.7 Å². The lowest BCUT2D eigenvalue weighted by molar-refractivity contribution is 0.0538. The number of rotatable bonds is 2. The van der Waals surface area contributed by atoms with E-state index >= 15 is 0 Å². The Kier molecular flexibility index (Phi) is 2.73. The van der Waals surface area contributed by atoms with E-state index in [-0.39, 0.29) is 0 Å². The third-order valence-electron chi connectivity index (χ3n) is 3.43. The SMILES string of the molecule is C[C@H]1COCC[C@@H]1Nc1ccc2[nH]ncc2c1. The number of ether oxygens (including phenoxy) is 1. The molecule has 1 aromatic carbocycles. The highest BCUT2D eigenvalue weighted by molar-refractivity contribution is 5.81. The molecule has 2 heterocycles. The summed E-state index contributed by atoms with van der Waals surface area (Å²) in [5.74, 6) is 0.559. The highest BCUT2D eigenvalue weighted by Gasteiger charge is 2.21. The molecule has 1 aromatic heterocycles. The van der Waals surface area contributed by atoms with Gasteiger partial charge in [0.2, 0.25) is 0 Å². The van der Waals surface area contributed by atoms with Crippen molar-refractivity contribution in [2.24, 2.45) is 5.92 Å². The van der Waals surface area contributed by atoms with E-state index in [9.17, 15) is 0 Å². The highest BCUT2D eigenvalue weighted by Crippen LogP contribution is 2.22. The van der Waals surface area contributed by atoms with Crippen LogP contribution >= 0.6 is 0 Å². The maximum atomic E-state index is 5.45. The molecule has 2 aromatic rings. The summed E-state index contributed by atoms with van der Waals surface area (Å²) < 4.78 is 5.45. The van der Waals surface area contributed by atoms with E-state index < -0.39 is 0 Å². The van der Waals surface area contributed by atoms with Crippen LogP contribution in [-0.4, -0.2) is 29.5 Å². The summed E-state index contributed by atoms with van der Waals surface area (Å²) in [6, 6.07) is 6.81. The summed E-state index contributed by atoms with van der Waals surface area (Å²) in [6.07, 6.45) is 2.93. The zero-order chi connectivity index (χ0) is 11.7. The first kappa shape index (κ1) is 10.6. The van der Waals surface area contributed by atoms with Gasteiger partial charge in [0.1, 0.15) is 0 Å². The van der Waals surface area contributed by atoms with Crippen LogP contribution in [0.25, 0.3) is 10.9 Å². The lowest BCUT2D eigenvalue weighted by Gasteiger charge is -2.30. The van der Waals surface area contributed by atoms with Gasteiger partial charge in [-0.3, -0.25) is 5.10 Å². The molecule has 1 aliphatic heterocycles. The van der Waals surface area contributed by atoms with Crippen LogP contribution in [-0.2, 0) is 4.74 Å². The van der Waals surface area contributed by atoms with Gasteiger partial charge in [0.05, 0.1) is 18.3 Å². The fraction of sp³-hybridized carbons (Fsp3) is 0.462. The van der Waals surface area contributed by atoms with Crippen LogP contribution in [0.4, 0.5) is 5.69 Å². The second-order valence-electron chi connectivity index (χ2n) is 4.76. The van der Waals surface area contributed by atoms with Crippen molar-refractivity contribution in [1.82, 2.24) is 10.2 Å². The standard InChI is InChI=1S/C13H17N3O/c1-9-8-17-5-4-12(9)15-11-2-3-13-10(6-11)7-14-16-13/h2-3,6-7,9,12,15H,4-5,8H2,1H3,(H,14,16)/t9-,12-/m0/s1. The fourth-order valence-electron chi connectivity index (χ4n) is 2.34. The molecule has 1 aliphatic rings. The molecule has 1 saturated heterocycles. The number of fused-ring (bicyclic) bond motifs is 1. The van der Waals surface area contributed by atoms with E-state index in [0.717, 1.165) is 36.2 Å². The number of H-pyrrole nitrogens is 1. The Morgan fingerprint density at radius 1 is 1.47 bits per heavy atom. The summed E-state index contributed by atoms with van der Waals surface area (Å²) in [6.45, 7) is 3.94. The molecule has 0 saturated carbocycles. The van der Waals surface area contributed by atoms with E-state index in [0.29, 0.717) is 12.0 Å². The first-order valence-corrected chi connectivity index (χ1v) is 6.10. The van der Waals surface area contributed by atoms with Crippen molar-refractivity contribution in [3.8, 4) is 0 Å². The van der Waals surface area contributed by atoms with Crippen LogP contribution < -0.4 is 5.32 Å². The van der Waals surface area contributed by atoms with E-state index in [1.54, 1.807) is 0 Å². The number of aromatic amines is 1. The molecule has 4 nitrogen and oxygen atoms in total. The molecule has 2 N–H and O–H groups in total. The minimum absolute atomic E-state index is 0.508. The molecule has 90 valence electrons. The monoisotopic (exact) mass is 231 g/mol. The molecule has 2 atom stereocenters. The summed E-state index contributed by atoms with van der Waals surface area (Å²) in [7, 11) is 0. The molecular weight excluding hydrogens is 214 g/mol. The third kappa shape index (κ3) is 2.13. The first-order valence-electron chi connectivity index (χ1n) is 6.10. The van der Waals surface area contributed by atoms with Crippen LogP contribution in [0, 0.1) is 5.92 Å². The lowest BCUT2D eigenvalue weighted by Crippen LogP contribution is -2.35. The average Bonchev–Trinajstić information content (AvgIpc) is 2.79. The molecule has 0 radical (unpaired) electrons. The molecule has 4 heteroatoms. The maximum absolute atomic E-state index is 5.45. The van der Waals surface area contributed by atoms with Gasteiger partial charge in [0.15, 0.2) is 0 Å². The Morgan fingerprint density at radius 3 is 3.29 bits per heavy atom. The van der Waals surface area contributed by atoms with E-state index in [4.69, 9.17) is 4.74 Å². The van der Waals surface area contributed by atoms with Crippen LogP contribution in [0.1, 0.15) is 13.3 Å². The zero-order valence-corrected chi connectivity index (χ0v) is 9.94. The number of nitrogens with zero attached hydrogens (tertiary/aromatic N) is 1. The maximum Gasteiger partial charge on any atom is 0.0651 e. The molecule has 0 spiro atoms. The number of hydrogen-bond acceptors (Lipinski definition) is 3. The summed E-state index contributed by atoms with van der Waals surface area (Å²) >= 11 is 0. The van der Waals surface area contributed by atoms with Gasteiger partial charge < -0.3 is 10.1 Å². The van der Waals surface area contributed by atoms with Gasteiger partial charge in [-0.05, 0) is 30.5 Å². The minimum Gasteiger partial charge on any atom is -0.382 e. The van der Waals surface area contributed by atoms with Gasteiger partial charge in [-0.15, -0.1) is 0 Å². The Balaban J connectivity index is 1.79. The molecule has 1 fully saturated rings. The van der Waals surface area contributed by atoms with Gasteiger partial charge in [0.25, 0.3) is 0 Å². The van der Waals surface area contributed by atoms with E-state index in [1.165, 1.54) is 0 Å². The number of hydrogen-bond donors (Lipinski definition) is 2. The van der Waals surface area contributed by atoms with Gasteiger partial charge >= 0.3 is 0 Å². The van der Waals surface area contributed by atoms with Crippen LogP contribution in [0.5, 0.6) is 0 Å². The topological polar surface area (TPSA) is 49.9 Å². The Bertz CT molecular complexity index is 508. The van der Waals surface area contributed by atoms with Gasteiger partial charge in [-0.2, -0.15) is 5.10 Å². The van der Waals surface area contributed by atoms with Crippen molar-refractivity contribution >= 4 is 16.6 Å². The second-order valence-corrected chi connectivity index (χ2v) is 4.76. The van der Waals surface area contributed by atoms with Crippen LogP contribution in [0.15, 0.2) is 24.4 Å². The molecule has 0 aliphatic carbocycles. The van der Waals surface area contributed by atoms with Crippen molar-refractivity contribution in [1.29, 1.82) is 0 Å². The van der Waals surface area contributed by atoms with E-state index in [2.05, 4.69) is 40.6 Å². The molecule has 3 rings (SSSR count). The zero-order valence-electron chi connectivity index (χ0n) is 9.94. The normalized spacial score (nSPS) is 25.0. The van der Waals surface area contributed by atoms with Crippen molar-refractivity contribution in [3.05, 3.63) is 24.4 Å². The Hall–Kier alpha value is -1.55. The van der Waals surface area contributed by atoms with Crippen LogP contribution in [0.3, 0.4) is 0 Å². The largest absolute Gasteiger partial charge is 0.382 e. The first-order chi connectivity index (χ1) is 8.33. The van der Waals surface area contributed by atoms with Crippen molar-refractivity contribution in [2.75, 3.05) is 18.5 Å². The quantitative estimate of drug-likeness (QED) is 0.834. The fourth-order valence-corrected chi connectivity index (χ4v) is 2.34. The highest BCUT2D eigenvalue weighted by atomic mass is 16.5. The number of benzene rings is 1. The summed E-state index contributed by atoms with van der Waals surface area (Å²) in [5, 5.41) is 11.7. The van der Waals surface area contributed by atoms with Crippen molar-refractivity contribution in [3.63, 3.8) is 0 Å². The lowest BCUT2D eigenvalue weighted by atomic mass is 9.97. The minimum atomic E-state index is 0.508. The molecular formula is C13H17N3O. The van der Waals surface area contributed by atoms with Crippen molar-refractivity contribution < 1.29 is 4.74 Å². The molecule has 0 amide bonds. The molecule has 0 unspecified atom stereocenters. The predicted octanol–water partition coefficient (Wildman–Crippen LogP) is 2.40. The smallest absolute Gasteiger partial charge is 0.0651 e. The predicted molar refractivity (Wildman–Crippen MR) is 68.1 cm³/mol. The number of aromatic nitrogens is 2. The van der Waals surface area contributed by atoms with E-state index in [1.807, 2.05) is 6.20 Å². The number of anilines is 1. The van der Waals surface area contributed by atoms with Crippen molar-refractivity contribution in [2.45, 2.75) is 19.4 Å². The van der Waals surface area contributed by atoms with Gasteiger partial charge in [-0.1, -0.05) is 6.92 Å². The second kappa shape index (κ2) is 4.37. The Morgan fingerprint density at radius 2 is 2.41 bits per heavy atom.